The molecule has 1 fully saturated rings. The number of rotatable bonds is 8. The number of amidine groups is 1. The van der Waals surface area contributed by atoms with Gasteiger partial charge in [-0.3, -0.25) is 39.9 Å². The summed E-state index contributed by atoms with van der Waals surface area (Å²) in [6.45, 7) is 3.24. The normalized spacial score (nSPS) is 18.6. The summed E-state index contributed by atoms with van der Waals surface area (Å²) in [4.78, 5) is 42.7. The van der Waals surface area contributed by atoms with E-state index in [0.29, 0.717) is 23.4 Å². The number of hydrogen-bond acceptors (Lipinski definition) is 8. The van der Waals surface area contributed by atoms with Gasteiger partial charge in [0.2, 0.25) is 5.91 Å². The van der Waals surface area contributed by atoms with E-state index in [1.54, 1.807) is 25.2 Å². The van der Waals surface area contributed by atoms with Crippen LogP contribution in [0.1, 0.15) is 40.5 Å². The van der Waals surface area contributed by atoms with Crippen LogP contribution in [0.3, 0.4) is 0 Å². The van der Waals surface area contributed by atoms with Gasteiger partial charge in [-0.25, -0.2) is 0 Å². The predicted octanol–water partition coefficient (Wildman–Crippen LogP) is 1.24. The minimum Gasteiger partial charge on any atom is -0.478 e. The largest absolute Gasteiger partial charge is 0.478 e. The number of fused-ring (bicyclic) bond motifs is 1. The van der Waals surface area contributed by atoms with Crippen molar-refractivity contribution in [3.05, 3.63) is 29.3 Å². The molecule has 2 aliphatic rings. The molecular weight excluding hydrogens is 400 g/mol. The fourth-order valence-electron chi connectivity index (χ4n) is 3.80. The first kappa shape index (κ1) is 22.4. The van der Waals surface area contributed by atoms with Gasteiger partial charge in [-0.05, 0) is 32.1 Å². The number of hydrogen-bond donors (Lipinski definition) is 3. The van der Waals surface area contributed by atoms with Crippen LogP contribution in [0, 0.1) is 10.8 Å². The number of anilines is 1. The Bertz CT molecular complexity index is 930. The van der Waals surface area contributed by atoms with Gasteiger partial charge < -0.3 is 10.1 Å². The Balaban J connectivity index is 1.70. The van der Waals surface area contributed by atoms with Gasteiger partial charge in [0.05, 0.1) is 30.3 Å². The maximum atomic E-state index is 13.1. The van der Waals surface area contributed by atoms with Crippen LogP contribution < -0.4 is 5.32 Å². The Morgan fingerprint density at radius 1 is 1.29 bits per heavy atom. The Morgan fingerprint density at radius 2 is 2.03 bits per heavy atom. The van der Waals surface area contributed by atoms with Crippen LogP contribution in [0.2, 0.25) is 0 Å². The van der Waals surface area contributed by atoms with E-state index in [9.17, 15) is 14.4 Å². The molecule has 10 heteroatoms. The monoisotopic (exact) mass is 428 g/mol. The molecule has 0 radical (unpaired) electrons. The molecule has 31 heavy (non-hydrogen) atoms. The number of benzene rings is 1. The van der Waals surface area contributed by atoms with E-state index in [0.717, 1.165) is 11.4 Å². The molecule has 0 aliphatic carbocycles. The van der Waals surface area contributed by atoms with Gasteiger partial charge in [0.1, 0.15) is 12.4 Å². The fraction of sp³-hybridized carbons (Fsp3) is 0.476. The number of carbonyl (C=O) groups is 3. The Morgan fingerprint density at radius 3 is 2.71 bits per heavy atom. The first-order valence-corrected chi connectivity index (χ1v) is 10.3. The van der Waals surface area contributed by atoms with Crippen LogP contribution in [0.4, 0.5) is 5.69 Å². The highest BCUT2D eigenvalue weighted by molar-refractivity contribution is 6.25. The first-order valence-electron chi connectivity index (χ1n) is 10.3. The zero-order chi connectivity index (χ0) is 22.7. The summed E-state index contributed by atoms with van der Waals surface area (Å²) in [6, 6.07) is 4.19. The number of carbonyl (C=O) groups excluding carboxylic acids is 3. The number of nitrogens with one attached hydrogen (secondary N) is 3. The molecule has 2 aliphatic heterocycles. The number of ether oxygens (including phenoxy) is 1. The molecule has 0 aromatic heterocycles. The molecule has 3 amide bonds. The molecular formula is C21H28N6O4. The molecule has 1 atom stereocenters. The number of nitrogens with zero attached hydrogens (tertiary/aromatic N) is 3. The molecule has 1 aromatic carbocycles. The van der Waals surface area contributed by atoms with Crippen molar-refractivity contribution >= 4 is 35.1 Å². The van der Waals surface area contributed by atoms with Crippen molar-refractivity contribution in [3.63, 3.8) is 0 Å². The van der Waals surface area contributed by atoms with E-state index in [1.165, 1.54) is 4.90 Å². The summed E-state index contributed by atoms with van der Waals surface area (Å²) < 4.78 is 5.39. The average molecular weight is 428 g/mol. The van der Waals surface area contributed by atoms with Gasteiger partial charge in [0, 0.05) is 19.2 Å². The van der Waals surface area contributed by atoms with Crippen molar-refractivity contribution < 1.29 is 19.1 Å². The lowest BCUT2D eigenvalue weighted by Crippen LogP contribution is -2.56. The molecule has 3 rings (SSSR count). The van der Waals surface area contributed by atoms with E-state index >= 15 is 0 Å². The lowest BCUT2D eigenvalue weighted by atomic mass is 10.0. The van der Waals surface area contributed by atoms with E-state index in [-0.39, 0.29) is 43.6 Å². The van der Waals surface area contributed by atoms with Gasteiger partial charge in [-0.15, -0.1) is 0 Å². The third kappa shape index (κ3) is 4.29. The topological polar surface area (TPSA) is 130 Å². The number of amides is 3. The maximum absolute atomic E-state index is 13.1. The highest BCUT2D eigenvalue weighted by atomic mass is 16.5. The van der Waals surface area contributed by atoms with Crippen LogP contribution in [0.5, 0.6) is 0 Å². The second-order valence-electron chi connectivity index (χ2n) is 7.55. The predicted molar refractivity (Wildman–Crippen MR) is 116 cm³/mol. The number of piperidine rings is 1. The zero-order valence-corrected chi connectivity index (χ0v) is 18.0. The minimum atomic E-state index is -0.819. The lowest BCUT2D eigenvalue weighted by Gasteiger charge is -2.36. The second kappa shape index (κ2) is 9.25. The van der Waals surface area contributed by atoms with Crippen LogP contribution >= 0.6 is 0 Å². The van der Waals surface area contributed by atoms with Crippen LogP contribution in [-0.4, -0.2) is 90.5 Å². The average Bonchev–Trinajstić information content (AvgIpc) is 3.01. The quantitative estimate of drug-likeness (QED) is 0.324. The van der Waals surface area contributed by atoms with Gasteiger partial charge in [-0.1, -0.05) is 13.0 Å². The molecule has 1 unspecified atom stereocenters. The van der Waals surface area contributed by atoms with Crippen LogP contribution in [0.25, 0.3) is 0 Å². The van der Waals surface area contributed by atoms with Gasteiger partial charge in [0.25, 0.3) is 11.8 Å². The number of likely N-dealkylation sites (N-methyl/N-ethyl adjacent to an activating group) is 1. The number of likely N-dealkylation sites (tertiary alicyclic amines) is 1. The summed E-state index contributed by atoms with van der Waals surface area (Å²) in [5, 5.41) is 19.3. The number of imide groups is 1. The standard InChI is InChI=1S/C21H28N6O4/c1-4-25(3)12-16(22)31-11-10-26-17(28)9-8-15(19(26)23)27-20(29)13-6-5-7-14(24-2)18(13)21(27)30/h5-7,15,22-24H,4,8-12H2,1-3H3. The summed E-state index contributed by atoms with van der Waals surface area (Å²) in [5.41, 5.74) is 1.14. The molecule has 0 bridgehead atoms. The molecule has 3 N–H and O–H groups in total. The fourth-order valence-corrected chi connectivity index (χ4v) is 3.80. The van der Waals surface area contributed by atoms with Crippen molar-refractivity contribution in [1.82, 2.24) is 14.7 Å². The van der Waals surface area contributed by atoms with Gasteiger partial charge in [-0.2, -0.15) is 0 Å². The Hall–Kier alpha value is -3.27. The lowest BCUT2D eigenvalue weighted by molar-refractivity contribution is -0.129. The Kier molecular flexibility index (Phi) is 6.69. The Labute approximate surface area is 181 Å². The molecule has 0 saturated carbocycles. The second-order valence-corrected chi connectivity index (χ2v) is 7.55. The van der Waals surface area contributed by atoms with Crippen LogP contribution in [0.15, 0.2) is 18.2 Å². The third-order valence-electron chi connectivity index (χ3n) is 5.61. The first-order chi connectivity index (χ1) is 14.8. The highest BCUT2D eigenvalue weighted by Gasteiger charge is 2.46. The van der Waals surface area contributed by atoms with E-state index < -0.39 is 17.9 Å². The van der Waals surface area contributed by atoms with E-state index in [1.807, 2.05) is 18.9 Å². The summed E-state index contributed by atoms with van der Waals surface area (Å²) in [7, 11) is 3.54. The maximum Gasteiger partial charge on any atom is 0.264 e. The van der Waals surface area contributed by atoms with Crippen molar-refractivity contribution in [1.29, 1.82) is 10.8 Å². The molecule has 10 nitrogen and oxygen atoms in total. The summed E-state index contributed by atoms with van der Waals surface area (Å²) in [6.07, 6.45) is 0.335. The molecule has 166 valence electrons. The summed E-state index contributed by atoms with van der Waals surface area (Å²) in [5.74, 6) is -1.19. The minimum absolute atomic E-state index is 0.0588. The third-order valence-corrected chi connectivity index (χ3v) is 5.61. The highest BCUT2D eigenvalue weighted by Crippen LogP contribution is 2.33. The summed E-state index contributed by atoms with van der Waals surface area (Å²) >= 11 is 0. The molecule has 1 aromatic rings. The van der Waals surface area contributed by atoms with Crippen LogP contribution in [-0.2, 0) is 9.53 Å². The molecule has 0 spiro atoms. The van der Waals surface area contributed by atoms with E-state index in [2.05, 4.69) is 5.32 Å². The molecule has 2 heterocycles. The van der Waals surface area contributed by atoms with E-state index in [4.69, 9.17) is 15.6 Å². The van der Waals surface area contributed by atoms with Crippen molar-refractivity contribution in [3.8, 4) is 0 Å². The zero-order valence-electron chi connectivity index (χ0n) is 18.0. The SMILES string of the molecule is CCN(C)CC(=N)OCCN1C(=N)C(N2C(=O)c3cccc(NC)c3C2=O)CCC1=O. The van der Waals surface area contributed by atoms with Crippen molar-refractivity contribution in [2.24, 2.45) is 0 Å². The van der Waals surface area contributed by atoms with Crippen molar-refractivity contribution in [2.45, 2.75) is 25.8 Å². The molecule has 1 saturated heterocycles. The van der Waals surface area contributed by atoms with Crippen molar-refractivity contribution in [2.75, 3.05) is 45.7 Å². The smallest absolute Gasteiger partial charge is 0.264 e. The van der Waals surface area contributed by atoms with Gasteiger partial charge in [0.15, 0.2) is 5.90 Å². The van der Waals surface area contributed by atoms with Gasteiger partial charge >= 0.3 is 0 Å².